The van der Waals surface area contributed by atoms with Crippen LogP contribution < -0.4 is 10.6 Å². The lowest BCUT2D eigenvalue weighted by molar-refractivity contribution is 0.0672. The second kappa shape index (κ2) is 10.2. The molecule has 1 heterocycles. The van der Waals surface area contributed by atoms with E-state index >= 15 is 0 Å². The van der Waals surface area contributed by atoms with Gasteiger partial charge in [-0.1, -0.05) is 47.1 Å². The van der Waals surface area contributed by atoms with Gasteiger partial charge in [-0.3, -0.25) is 0 Å². The van der Waals surface area contributed by atoms with Crippen molar-refractivity contribution in [3.63, 3.8) is 0 Å². The first kappa shape index (κ1) is 21.8. The fourth-order valence-corrected chi connectivity index (χ4v) is 2.95. The van der Waals surface area contributed by atoms with Gasteiger partial charge in [0.2, 0.25) is 11.7 Å². The Morgan fingerprint density at radius 1 is 1.13 bits per heavy atom. The van der Waals surface area contributed by atoms with Crippen molar-refractivity contribution in [2.75, 3.05) is 19.6 Å². The number of halogens is 1. The van der Waals surface area contributed by atoms with Crippen molar-refractivity contribution < 1.29 is 9.63 Å². The highest BCUT2D eigenvalue weighted by atomic mass is 35.5. The van der Waals surface area contributed by atoms with Crippen LogP contribution in [0.25, 0.3) is 11.4 Å². The number of aliphatic imine (C=N–C) groups is 1. The van der Waals surface area contributed by atoms with E-state index in [4.69, 9.17) is 16.1 Å². The van der Waals surface area contributed by atoms with Crippen molar-refractivity contribution in [1.29, 1.82) is 0 Å². The SMILES string of the molecule is CCNC(=NCC(C)(O)c1ccccc1)NCCc1nc(-c2ccc(Cl)cc2)no1. The average Bonchev–Trinajstić information content (AvgIpc) is 3.22. The third-order valence-corrected chi connectivity index (χ3v) is 4.74. The van der Waals surface area contributed by atoms with Crippen LogP contribution in [0.4, 0.5) is 0 Å². The Morgan fingerprint density at radius 2 is 1.87 bits per heavy atom. The molecule has 3 N–H and O–H groups in total. The maximum absolute atomic E-state index is 10.7. The van der Waals surface area contributed by atoms with Crippen molar-refractivity contribution in [2.45, 2.75) is 25.9 Å². The molecule has 7 nitrogen and oxygen atoms in total. The molecule has 3 aromatic rings. The van der Waals surface area contributed by atoms with E-state index in [1.807, 2.05) is 49.4 Å². The van der Waals surface area contributed by atoms with Crippen molar-refractivity contribution in [1.82, 2.24) is 20.8 Å². The van der Waals surface area contributed by atoms with E-state index in [0.29, 0.717) is 42.2 Å². The van der Waals surface area contributed by atoms with Gasteiger partial charge in [-0.2, -0.15) is 4.98 Å². The smallest absolute Gasteiger partial charge is 0.228 e. The Labute approximate surface area is 181 Å². The number of hydrogen-bond acceptors (Lipinski definition) is 5. The van der Waals surface area contributed by atoms with Crippen LogP contribution in [-0.4, -0.2) is 40.8 Å². The lowest BCUT2D eigenvalue weighted by Gasteiger charge is -2.22. The van der Waals surface area contributed by atoms with Crippen molar-refractivity contribution in [3.8, 4) is 11.4 Å². The summed E-state index contributed by atoms with van der Waals surface area (Å²) >= 11 is 5.91. The van der Waals surface area contributed by atoms with Gasteiger partial charge >= 0.3 is 0 Å². The molecule has 30 heavy (non-hydrogen) atoms. The first-order valence-electron chi connectivity index (χ1n) is 9.86. The molecule has 0 saturated heterocycles. The molecule has 8 heteroatoms. The molecule has 0 aliphatic rings. The molecule has 0 aliphatic carbocycles. The number of nitrogens with one attached hydrogen (secondary N) is 2. The fraction of sp³-hybridized carbons (Fsp3) is 0.318. The van der Waals surface area contributed by atoms with E-state index in [9.17, 15) is 5.11 Å². The van der Waals surface area contributed by atoms with Crippen LogP contribution in [0.3, 0.4) is 0 Å². The summed E-state index contributed by atoms with van der Waals surface area (Å²) in [5, 5.41) is 21.8. The molecule has 0 fully saturated rings. The number of hydrogen-bond donors (Lipinski definition) is 3. The molecule has 158 valence electrons. The van der Waals surface area contributed by atoms with E-state index in [1.165, 1.54) is 0 Å². The van der Waals surface area contributed by atoms with E-state index in [2.05, 4.69) is 25.8 Å². The number of aliphatic hydroxyl groups is 1. The van der Waals surface area contributed by atoms with Crippen LogP contribution in [0.2, 0.25) is 5.02 Å². The molecule has 1 unspecified atom stereocenters. The number of benzene rings is 2. The third kappa shape index (κ3) is 6.05. The minimum atomic E-state index is -1.05. The molecule has 0 saturated carbocycles. The first-order chi connectivity index (χ1) is 14.5. The van der Waals surface area contributed by atoms with Gasteiger partial charge in [-0.05, 0) is 43.7 Å². The molecule has 0 spiro atoms. The lowest BCUT2D eigenvalue weighted by atomic mass is 9.96. The van der Waals surface area contributed by atoms with Crippen molar-refractivity contribution in [3.05, 3.63) is 71.1 Å². The van der Waals surface area contributed by atoms with Gasteiger partial charge in [0.15, 0.2) is 5.96 Å². The molecule has 1 aromatic heterocycles. The second-order valence-corrected chi connectivity index (χ2v) is 7.47. The zero-order valence-corrected chi connectivity index (χ0v) is 17.9. The molecular formula is C22H26ClN5O2. The molecule has 1 atom stereocenters. The summed E-state index contributed by atoms with van der Waals surface area (Å²) in [7, 11) is 0. The van der Waals surface area contributed by atoms with Gasteiger partial charge in [0, 0.05) is 30.1 Å². The quantitative estimate of drug-likeness (QED) is 0.376. The largest absolute Gasteiger partial charge is 0.384 e. The zero-order valence-electron chi connectivity index (χ0n) is 17.1. The van der Waals surface area contributed by atoms with Crippen LogP contribution in [0.15, 0.2) is 64.1 Å². The minimum absolute atomic E-state index is 0.230. The summed E-state index contributed by atoms with van der Waals surface area (Å²) in [6.45, 7) is 5.24. The molecule has 3 rings (SSSR count). The van der Waals surface area contributed by atoms with E-state index in [-0.39, 0.29) is 6.54 Å². The summed E-state index contributed by atoms with van der Waals surface area (Å²) in [5.74, 6) is 1.67. The van der Waals surface area contributed by atoms with Gasteiger partial charge in [0.25, 0.3) is 0 Å². The summed E-state index contributed by atoms with van der Waals surface area (Å²) < 4.78 is 5.33. The maximum atomic E-state index is 10.7. The summed E-state index contributed by atoms with van der Waals surface area (Å²) in [4.78, 5) is 8.94. The Morgan fingerprint density at radius 3 is 2.57 bits per heavy atom. The molecule has 0 radical (unpaired) electrons. The highest BCUT2D eigenvalue weighted by Crippen LogP contribution is 2.20. The first-order valence-corrected chi connectivity index (χ1v) is 10.2. The van der Waals surface area contributed by atoms with E-state index < -0.39 is 5.60 Å². The molecule has 0 aliphatic heterocycles. The molecule has 0 amide bonds. The monoisotopic (exact) mass is 427 g/mol. The van der Waals surface area contributed by atoms with Crippen molar-refractivity contribution >= 4 is 17.6 Å². The maximum Gasteiger partial charge on any atom is 0.228 e. The lowest BCUT2D eigenvalue weighted by Crippen LogP contribution is -2.39. The standard InChI is InChI=1S/C22H26ClN5O2/c1-3-24-21(26-15-22(2,29)17-7-5-4-6-8-17)25-14-13-19-27-20(28-30-19)16-9-11-18(23)12-10-16/h4-12,29H,3,13-15H2,1-2H3,(H2,24,25,26). The van der Waals surface area contributed by atoms with Crippen LogP contribution in [0.5, 0.6) is 0 Å². The number of nitrogens with zero attached hydrogens (tertiary/aromatic N) is 3. The molecule has 0 bridgehead atoms. The highest BCUT2D eigenvalue weighted by molar-refractivity contribution is 6.30. The highest BCUT2D eigenvalue weighted by Gasteiger charge is 2.22. The topological polar surface area (TPSA) is 95.6 Å². The van der Waals surface area contributed by atoms with Crippen molar-refractivity contribution in [2.24, 2.45) is 4.99 Å². The second-order valence-electron chi connectivity index (χ2n) is 7.03. The Kier molecular flexibility index (Phi) is 7.43. The predicted molar refractivity (Wildman–Crippen MR) is 118 cm³/mol. The van der Waals surface area contributed by atoms with Crippen LogP contribution in [-0.2, 0) is 12.0 Å². The van der Waals surface area contributed by atoms with Crippen LogP contribution >= 0.6 is 11.6 Å². The van der Waals surface area contributed by atoms with Gasteiger partial charge in [0.1, 0.15) is 5.60 Å². The average molecular weight is 428 g/mol. The van der Waals surface area contributed by atoms with Gasteiger partial charge in [-0.15, -0.1) is 0 Å². The third-order valence-electron chi connectivity index (χ3n) is 4.49. The van der Waals surface area contributed by atoms with Crippen LogP contribution in [0, 0.1) is 0 Å². The predicted octanol–water partition coefficient (Wildman–Crippen LogP) is 3.40. The normalized spacial score (nSPS) is 13.7. The Balaban J connectivity index is 1.56. The van der Waals surface area contributed by atoms with Gasteiger partial charge in [-0.25, -0.2) is 4.99 Å². The van der Waals surface area contributed by atoms with E-state index in [0.717, 1.165) is 11.1 Å². The number of guanidine groups is 1. The van der Waals surface area contributed by atoms with Crippen LogP contribution in [0.1, 0.15) is 25.3 Å². The van der Waals surface area contributed by atoms with Gasteiger partial charge in [0.05, 0.1) is 6.54 Å². The number of rotatable bonds is 8. The summed E-state index contributed by atoms with van der Waals surface area (Å²) in [6, 6.07) is 16.8. The fourth-order valence-electron chi connectivity index (χ4n) is 2.82. The van der Waals surface area contributed by atoms with E-state index in [1.54, 1.807) is 19.1 Å². The molecule has 2 aromatic carbocycles. The Hall–Kier alpha value is -2.90. The minimum Gasteiger partial charge on any atom is -0.384 e. The number of aromatic nitrogens is 2. The summed E-state index contributed by atoms with van der Waals surface area (Å²) in [6.07, 6.45) is 0.542. The Bertz CT molecular complexity index is 955. The molecular weight excluding hydrogens is 402 g/mol. The van der Waals surface area contributed by atoms with Gasteiger partial charge < -0.3 is 20.3 Å². The zero-order chi connectivity index (χ0) is 21.4. The summed E-state index contributed by atoms with van der Waals surface area (Å²) in [5.41, 5.74) is 0.620.